The number of aromatic hydroxyl groups is 1. The van der Waals surface area contributed by atoms with Crippen LogP contribution in [0, 0.1) is 0 Å². The Labute approximate surface area is 220 Å². The van der Waals surface area contributed by atoms with E-state index in [1.165, 1.54) is 6.07 Å². The van der Waals surface area contributed by atoms with Crippen molar-refractivity contribution >= 4 is 68.8 Å². The minimum Gasteiger partial charge on any atom is -0.508 e. The number of phenols is 1. The van der Waals surface area contributed by atoms with Crippen molar-refractivity contribution in [2.24, 2.45) is 0 Å². The van der Waals surface area contributed by atoms with Gasteiger partial charge in [0, 0.05) is 53.9 Å². The van der Waals surface area contributed by atoms with E-state index in [1.807, 2.05) is 48.5 Å². The lowest BCUT2D eigenvalue weighted by atomic mass is 10.1. The van der Waals surface area contributed by atoms with Gasteiger partial charge in [-0.1, -0.05) is 30.3 Å². The van der Waals surface area contributed by atoms with Gasteiger partial charge in [-0.15, -0.1) is 35.6 Å². The Hall–Kier alpha value is -2.48. The highest BCUT2D eigenvalue weighted by Crippen LogP contribution is 2.37. The molecule has 0 atom stereocenters. The summed E-state index contributed by atoms with van der Waals surface area (Å²) in [5.41, 5.74) is 3.71. The van der Waals surface area contributed by atoms with E-state index in [4.69, 9.17) is 32.9 Å². The standard InChI is InChI=1S/C26H27Cl2N3O3.ClH/c27-8-10-31(11-9-28)12-13-34-24-7-3-5-22-25(21-4-1-2-6-23(21)30-26(22)24)29-19-14-18(17-32)15-20(33)16-19;/h1-7,14-16,32-33H,8-13,17H2,(H,29,30);1H. The summed E-state index contributed by atoms with van der Waals surface area (Å²) in [6, 6.07) is 18.7. The minimum atomic E-state index is -0.163. The molecule has 0 aliphatic carbocycles. The highest BCUT2D eigenvalue weighted by molar-refractivity contribution is 6.18. The number of fused-ring (bicyclic) bond motifs is 2. The summed E-state index contributed by atoms with van der Waals surface area (Å²) >= 11 is 11.8. The van der Waals surface area contributed by atoms with Crippen molar-refractivity contribution < 1.29 is 14.9 Å². The molecule has 0 saturated carbocycles. The normalized spacial score (nSPS) is 11.1. The van der Waals surface area contributed by atoms with Crippen molar-refractivity contribution in [1.29, 1.82) is 0 Å². The highest BCUT2D eigenvalue weighted by atomic mass is 35.5. The maximum Gasteiger partial charge on any atom is 0.145 e. The number of aliphatic hydroxyl groups is 1. The maximum absolute atomic E-state index is 10.1. The Bertz CT molecular complexity index is 1270. The predicted octanol–water partition coefficient (Wildman–Crippen LogP) is 5.91. The zero-order valence-corrected chi connectivity index (χ0v) is 21.4. The van der Waals surface area contributed by atoms with Crippen molar-refractivity contribution in [3.8, 4) is 11.5 Å². The van der Waals surface area contributed by atoms with Gasteiger partial charge in [0.2, 0.25) is 0 Å². The Morgan fingerprint density at radius 2 is 1.66 bits per heavy atom. The molecule has 1 heterocycles. The van der Waals surface area contributed by atoms with Crippen molar-refractivity contribution in [3.63, 3.8) is 0 Å². The van der Waals surface area contributed by atoms with Crippen LogP contribution >= 0.6 is 35.6 Å². The van der Waals surface area contributed by atoms with Gasteiger partial charge in [0.05, 0.1) is 17.8 Å². The molecule has 0 unspecified atom stereocenters. The zero-order valence-electron chi connectivity index (χ0n) is 19.1. The van der Waals surface area contributed by atoms with Gasteiger partial charge in [-0.05, 0) is 29.8 Å². The molecule has 0 radical (unpaired) electrons. The van der Waals surface area contributed by atoms with Gasteiger partial charge in [-0.2, -0.15) is 0 Å². The number of phenolic OH excluding ortho intramolecular Hbond substituents is 1. The second-order valence-electron chi connectivity index (χ2n) is 7.90. The number of ether oxygens (including phenoxy) is 1. The topological polar surface area (TPSA) is 77.8 Å². The molecule has 186 valence electrons. The number of hydrogen-bond acceptors (Lipinski definition) is 6. The van der Waals surface area contributed by atoms with Crippen LogP contribution in [-0.4, -0.2) is 58.1 Å². The molecule has 0 aliphatic heterocycles. The first kappa shape index (κ1) is 27.1. The third-order valence-corrected chi connectivity index (χ3v) is 5.91. The van der Waals surface area contributed by atoms with E-state index < -0.39 is 0 Å². The first-order chi connectivity index (χ1) is 16.6. The van der Waals surface area contributed by atoms with Gasteiger partial charge in [0.1, 0.15) is 23.6 Å². The van der Waals surface area contributed by atoms with Crippen molar-refractivity contribution in [3.05, 3.63) is 66.2 Å². The van der Waals surface area contributed by atoms with Crippen molar-refractivity contribution in [2.45, 2.75) is 6.61 Å². The predicted molar refractivity (Wildman–Crippen MR) is 147 cm³/mol. The highest BCUT2D eigenvalue weighted by Gasteiger charge is 2.14. The Kier molecular flexibility index (Phi) is 10.1. The van der Waals surface area contributed by atoms with E-state index >= 15 is 0 Å². The maximum atomic E-state index is 10.1. The monoisotopic (exact) mass is 535 g/mol. The number of aliphatic hydroxyl groups excluding tert-OH is 1. The number of benzene rings is 3. The molecule has 0 saturated heterocycles. The van der Waals surface area contributed by atoms with E-state index in [0.29, 0.717) is 41.9 Å². The number of hydrogen-bond donors (Lipinski definition) is 3. The summed E-state index contributed by atoms with van der Waals surface area (Å²) in [6.45, 7) is 2.54. The van der Waals surface area contributed by atoms with E-state index in [2.05, 4.69) is 10.2 Å². The number of para-hydroxylation sites is 2. The van der Waals surface area contributed by atoms with Crippen LogP contribution in [-0.2, 0) is 6.61 Å². The Balaban J connectivity index is 0.00000342. The molecule has 0 aliphatic rings. The number of nitrogens with one attached hydrogen (secondary N) is 1. The van der Waals surface area contributed by atoms with Crippen LogP contribution in [0.3, 0.4) is 0 Å². The first-order valence-corrected chi connectivity index (χ1v) is 12.2. The summed E-state index contributed by atoms with van der Waals surface area (Å²) in [5.74, 6) is 1.86. The lowest BCUT2D eigenvalue weighted by Crippen LogP contribution is -2.32. The zero-order chi connectivity index (χ0) is 23.9. The average molecular weight is 537 g/mol. The number of aromatic nitrogens is 1. The summed E-state index contributed by atoms with van der Waals surface area (Å²) in [5, 5.41) is 24.9. The summed E-state index contributed by atoms with van der Waals surface area (Å²) in [6.07, 6.45) is 0. The van der Waals surface area contributed by atoms with Crippen LogP contribution in [0.25, 0.3) is 21.8 Å². The van der Waals surface area contributed by atoms with Crippen LogP contribution in [0.1, 0.15) is 5.56 Å². The fraction of sp³-hybridized carbons (Fsp3) is 0.269. The second kappa shape index (κ2) is 13.0. The van der Waals surface area contributed by atoms with Gasteiger partial charge in [-0.3, -0.25) is 4.90 Å². The largest absolute Gasteiger partial charge is 0.508 e. The second-order valence-corrected chi connectivity index (χ2v) is 8.65. The fourth-order valence-corrected chi connectivity index (χ4v) is 4.46. The van der Waals surface area contributed by atoms with Crippen molar-refractivity contribution in [1.82, 2.24) is 9.88 Å². The molecule has 0 amide bonds. The van der Waals surface area contributed by atoms with E-state index in [1.54, 1.807) is 6.07 Å². The molecule has 0 spiro atoms. The third-order valence-electron chi connectivity index (χ3n) is 5.57. The molecule has 0 fully saturated rings. The Morgan fingerprint density at radius 1 is 0.914 bits per heavy atom. The molecular formula is C26H28Cl3N3O3. The van der Waals surface area contributed by atoms with E-state index in [0.717, 1.165) is 40.6 Å². The lowest BCUT2D eigenvalue weighted by Gasteiger charge is -2.20. The quantitative estimate of drug-likeness (QED) is 0.163. The number of pyridine rings is 1. The fourth-order valence-electron chi connectivity index (χ4n) is 3.98. The molecule has 4 rings (SSSR count). The molecule has 1 aromatic heterocycles. The average Bonchev–Trinajstić information content (AvgIpc) is 2.84. The molecule has 3 N–H and O–H groups in total. The van der Waals surface area contributed by atoms with Gasteiger partial charge < -0.3 is 20.3 Å². The van der Waals surface area contributed by atoms with Crippen LogP contribution in [0.5, 0.6) is 11.5 Å². The SMILES string of the molecule is Cl.OCc1cc(O)cc(Nc2c3ccccc3nc3c(OCCN(CCCl)CCCl)cccc23)c1. The number of halogens is 3. The van der Waals surface area contributed by atoms with Crippen LogP contribution < -0.4 is 10.1 Å². The molecule has 3 aromatic carbocycles. The summed E-state index contributed by atoms with van der Waals surface area (Å²) in [7, 11) is 0. The van der Waals surface area contributed by atoms with Gasteiger partial charge >= 0.3 is 0 Å². The number of rotatable bonds is 11. The van der Waals surface area contributed by atoms with Gasteiger partial charge in [0.25, 0.3) is 0 Å². The van der Waals surface area contributed by atoms with Crippen LogP contribution in [0.2, 0.25) is 0 Å². The van der Waals surface area contributed by atoms with Gasteiger partial charge in [0.15, 0.2) is 0 Å². The first-order valence-electron chi connectivity index (χ1n) is 11.1. The van der Waals surface area contributed by atoms with Crippen LogP contribution in [0.15, 0.2) is 60.7 Å². The number of nitrogens with zero attached hydrogens (tertiary/aromatic N) is 2. The lowest BCUT2D eigenvalue weighted by molar-refractivity contribution is 0.226. The third kappa shape index (κ3) is 6.60. The summed E-state index contributed by atoms with van der Waals surface area (Å²) < 4.78 is 6.16. The van der Waals surface area contributed by atoms with E-state index in [-0.39, 0.29) is 24.8 Å². The molecular weight excluding hydrogens is 509 g/mol. The van der Waals surface area contributed by atoms with E-state index in [9.17, 15) is 10.2 Å². The Morgan fingerprint density at radius 3 is 2.40 bits per heavy atom. The summed E-state index contributed by atoms with van der Waals surface area (Å²) in [4.78, 5) is 7.06. The minimum absolute atomic E-state index is 0. The molecule has 9 heteroatoms. The van der Waals surface area contributed by atoms with Gasteiger partial charge in [-0.25, -0.2) is 4.98 Å². The number of anilines is 2. The number of alkyl halides is 2. The molecule has 35 heavy (non-hydrogen) atoms. The smallest absolute Gasteiger partial charge is 0.145 e. The molecule has 6 nitrogen and oxygen atoms in total. The molecule has 4 aromatic rings. The molecule has 0 bridgehead atoms. The van der Waals surface area contributed by atoms with Crippen molar-refractivity contribution in [2.75, 3.05) is 43.3 Å². The van der Waals surface area contributed by atoms with Crippen LogP contribution in [0.4, 0.5) is 11.4 Å².